The Labute approximate surface area is 104 Å². The number of benzene rings is 1. The fourth-order valence-corrected chi connectivity index (χ4v) is 2.21. The molecule has 0 aliphatic heterocycles. The van der Waals surface area contributed by atoms with Gasteiger partial charge in [-0.25, -0.2) is 0 Å². The van der Waals surface area contributed by atoms with Crippen molar-refractivity contribution in [3.05, 3.63) is 38.2 Å². The minimum atomic E-state index is 0.422. The third-order valence-electron chi connectivity index (χ3n) is 1.62. The van der Waals surface area contributed by atoms with E-state index in [0.29, 0.717) is 11.6 Å². The molecule has 0 bridgehead atoms. The molecule has 0 saturated heterocycles. The van der Waals surface area contributed by atoms with Gasteiger partial charge in [0.25, 0.3) is 0 Å². The first-order chi connectivity index (χ1) is 7.24. The van der Waals surface area contributed by atoms with Crippen LogP contribution in [-0.2, 0) is 6.61 Å². The van der Waals surface area contributed by atoms with Crippen LogP contribution in [0.2, 0.25) is 5.02 Å². The van der Waals surface area contributed by atoms with Crippen LogP contribution < -0.4 is 4.74 Å². The summed E-state index contributed by atoms with van der Waals surface area (Å²) in [6.07, 6.45) is 0. The molecule has 0 aliphatic rings. The van der Waals surface area contributed by atoms with Crippen molar-refractivity contribution in [1.82, 2.24) is 10.2 Å². The molecule has 0 spiro atoms. The molecule has 0 atom stereocenters. The summed E-state index contributed by atoms with van der Waals surface area (Å²) in [5.41, 5.74) is 0. The Kier molecular flexibility index (Phi) is 3.56. The van der Waals surface area contributed by atoms with Crippen LogP contribution in [0.4, 0.5) is 0 Å². The monoisotopic (exact) mass is 304 g/mol. The van der Waals surface area contributed by atoms with E-state index in [-0.39, 0.29) is 0 Å². The number of aromatic nitrogens is 2. The summed E-state index contributed by atoms with van der Waals surface area (Å²) in [4.78, 5) is 0. The first-order valence-corrected chi connectivity index (χ1v) is 6.09. The quantitative estimate of drug-likeness (QED) is 0.870. The van der Waals surface area contributed by atoms with Crippen LogP contribution in [0.1, 0.15) is 5.01 Å². The highest BCUT2D eigenvalue weighted by molar-refractivity contribution is 9.11. The molecular formula is C9H6BrClN2OS. The molecule has 1 aromatic carbocycles. The van der Waals surface area contributed by atoms with E-state index in [1.54, 1.807) is 12.1 Å². The molecule has 0 saturated carbocycles. The van der Waals surface area contributed by atoms with Gasteiger partial charge in [0, 0.05) is 5.02 Å². The molecule has 6 heteroatoms. The minimum Gasteiger partial charge on any atom is -0.486 e. The van der Waals surface area contributed by atoms with E-state index in [0.717, 1.165) is 14.7 Å². The Bertz CT molecular complexity index is 446. The molecule has 0 N–H and O–H groups in total. The van der Waals surface area contributed by atoms with E-state index in [1.165, 1.54) is 11.3 Å². The van der Waals surface area contributed by atoms with Crippen LogP contribution in [0.5, 0.6) is 5.75 Å². The van der Waals surface area contributed by atoms with E-state index in [2.05, 4.69) is 26.1 Å². The van der Waals surface area contributed by atoms with Crippen LogP contribution in [0.25, 0.3) is 0 Å². The molecular weight excluding hydrogens is 300 g/mol. The lowest BCUT2D eigenvalue weighted by Gasteiger charge is -2.02. The predicted octanol–water partition coefficient (Wildman–Crippen LogP) is 3.53. The van der Waals surface area contributed by atoms with Gasteiger partial charge in [-0.05, 0) is 40.2 Å². The lowest BCUT2D eigenvalue weighted by Crippen LogP contribution is -1.94. The molecule has 15 heavy (non-hydrogen) atoms. The van der Waals surface area contributed by atoms with Crippen LogP contribution in [0, 0.1) is 0 Å². The van der Waals surface area contributed by atoms with Gasteiger partial charge in [0.05, 0.1) is 0 Å². The average Bonchev–Trinajstić information content (AvgIpc) is 2.64. The molecule has 0 aliphatic carbocycles. The van der Waals surface area contributed by atoms with Crippen LogP contribution in [0.15, 0.2) is 28.2 Å². The normalized spacial score (nSPS) is 10.3. The molecule has 0 amide bonds. The van der Waals surface area contributed by atoms with E-state index in [9.17, 15) is 0 Å². The minimum absolute atomic E-state index is 0.422. The zero-order valence-electron chi connectivity index (χ0n) is 7.48. The Morgan fingerprint density at radius 1 is 1.27 bits per heavy atom. The highest BCUT2D eigenvalue weighted by Gasteiger charge is 2.02. The number of ether oxygens (including phenoxy) is 1. The van der Waals surface area contributed by atoms with Crippen molar-refractivity contribution < 1.29 is 4.74 Å². The second-order valence-corrected chi connectivity index (χ2v) is 5.47. The Balaban J connectivity index is 1.96. The third-order valence-corrected chi connectivity index (χ3v) is 3.20. The summed E-state index contributed by atoms with van der Waals surface area (Å²) in [5.74, 6) is 0.769. The van der Waals surface area contributed by atoms with E-state index < -0.39 is 0 Å². The van der Waals surface area contributed by atoms with Gasteiger partial charge >= 0.3 is 0 Å². The molecule has 2 rings (SSSR count). The Morgan fingerprint density at radius 2 is 2.00 bits per heavy atom. The Morgan fingerprint density at radius 3 is 2.60 bits per heavy atom. The largest absolute Gasteiger partial charge is 0.486 e. The van der Waals surface area contributed by atoms with E-state index in [1.807, 2.05) is 12.1 Å². The van der Waals surface area contributed by atoms with Crippen LogP contribution >= 0.6 is 38.9 Å². The van der Waals surface area contributed by atoms with Crippen molar-refractivity contribution in [3.63, 3.8) is 0 Å². The fraction of sp³-hybridized carbons (Fsp3) is 0.111. The van der Waals surface area contributed by atoms with Crippen molar-refractivity contribution >= 4 is 38.9 Å². The number of rotatable bonds is 3. The SMILES string of the molecule is Clc1ccc(OCc2nnc(Br)s2)cc1. The first-order valence-electron chi connectivity index (χ1n) is 4.10. The van der Waals surface area contributed by atoms with Crippen molar-refractivity contribution in [2.24, 2.45) is 0 Å². The topological polar surface area (TPSA) is 35.0 Å². The standard InChI is InChI=1S/C9H6BrClN2OS/c10-9-13-12-8(15-9)5-14-7-3-1-6(11)2-4-7/h1-4H,5H2. The van der Waals surface area contributed by atoms with Crippen LogP contribution in [-0.4, -0.2) is 10.2 Å². The average molecular weight is 306 g/mol. The van der Waals surface area contributed by atoms with E-state index >= 15 is 0 Å². The van der Waals surface area contributed by atoms with Gasteiger partial charge < -0.3 is 4.74 Å². The third kappa shape index (κ3) is 3.15. The summed E-state index contributed by atoms with van der Waals surface area (Å²) in [6, 6.07) is 7.20. The maximum absolute atomic E-state index is 5.75. The second kappa shape index (κ2) is 4.92. The van der Waals surface area contributed by atoms with Gasteiger partial charge in [-0.3, -0.25) is 0 Å². The van der Waals surface area contributed by atoms with Crippen molar-refractivity contribution in [2.45, 2.75) is 6.61 Å². The van der Waals surface area contributed by atoms with Gasteiger partial charge in [0.1, 0.15) is 12.4 Å². The summed E-state index contributed by atoms with van der Waals surface area (Å²) in [7, 11) is 0. The molecule has 2 aromatic rings. The summed E-state index contributed by atoms with van der Waals surface area (Å²) in [6.45, 7) is 0.422. The predicted molar refractivity (Wildman–Crippen MR) is 63.4 cm³/mol. The second-order valence-electron chi connectivity index (χ2n) is 2.69. The number of nitrogens with zero attached hydrogens (tertiary/aromatic N) is 2. The molecule has 1 heterocycles. The zero-order chi connectivity index (χ0) is 10.7. The summed E-state index contributed by atoms with van der Waals surface area (Å²) < 4.78 is 6.25. The number of hydrogen-bond donors (Lipinski definition) is 0. The highest BCUT2D eigenvalue weighted by Crippen LogP contribution is 2.19. The fourth-order valence-electron chi connectivity index (χ4n) is 0.967. The van der Waals surface area contributed by atoms with E-state index in [4.69, 9.17) is 16.3 Å². The smallest absolute Gasteiger partial charge is 0.183 e. The highest BCUT2D eigenvalue weighted by atomic mass is 79.9. The van der Waals surface area contributed by atoms with Crippen molar-refractivity contribution in [3.8, 4) is 5.75 Å². The van der Waals surface area contributed by atoms with Gasteiger partial charge in [0.2, 0.25) is 0 Å². The lowest BCUT2D eigenvalue weighted by molar-refractivity contribution is 0.304. The first kappa shape index (κ1) is 10.9. The van der Waals surface area contributed by atoms with Gasteiger partial charge in [-0.1, -0.05) is 22.9 Å². The lowest BCUT2D eigenvalue weighted by atomic mass is 10.3. The zero-order valence-corrected chi connectivity index (χ0v) is 10.6. The maximum atomic E-state index is 5.75. The molecule has 78 valence electrons. The van der Waals surface area contributed by atoms with Gasteiger partial charge in [0.15, 0.2) is 8.92 Å². The van der Waals surface area contributed by atoms with Crippen molar-refractivity contribution in [1.29, 1.82) is 0 Å². The number of halogens is 2. The molecule has 0 radical (unpaired) electrons. The molecule has 3 nitrogen and oxygen atoms in total. The summed E-state index contributed by atoms with van der Waals surface area (Å²) in [5, 5.41) is 9.27. The number of hydrogen-bond acceptors (Lipinski definition) is 4. The molecule has 0 unspecified atom stereocenters. The molecule has 1 aromatic heterocycles. The maximum Gasteiger partial charge on any atom is 0.183 e. The summed E-state index contributed by atoms with van der Waals surface area (Å²) >= 11 is 10.4. The van der Waals surface area contributed by atoms with Gasteiger partial charge in [-0.15, -0.1) is 10.2 Å². The van der Waals surface area contributed by atoms with Gasteiger partial charge in [-0.2, -0.15) is 0 Å². The molecule has 0 fully saturated rings. The van der Waals surface area contributed by atoms with Crippen molar-refractivity contribution in [2.75, 3.05) is 0 Å². The van der Waals surface area contributed by atoms with Crippen LogP contribution in [0.3, 0.4) is 0 Å². The Hall–Kier alpha value is -0.650.